The minimum atomic E-state index is -0.119. The molecule has 1 heterocycles. The van der Waals surface area contributed by atoms with E-state index in [1.54, 1.807) is 12.1 Å². The molecule has 0 saturated heterocycles. The number of rotatable bonds is 5. The van der Waals surface area contributed by atoms with Crippen LogP contribution in [0.15, 0.2) is 16.5 Å². The van der Waals surface area contributed by atoms with Crippen molar-refractivity contribution in [1.29, 1.82) is 0 Å². The van der Waals surface area contributed by atoms with Crippen molar-refractivity contribution in [2.75, 3.05) is 11.0 Å². The van der Waals surface area contributed by atoms with Gasteiger partial charge in [0.1, 0.15) is 5.76 Å². The standard InChI is InChI=1S/C10H14INO2/c1-8-4-5-9(14-8)10(13)12-7-3-2-6-11/h4-5H,2-3,6-7H2,1H3,(H,12,13). The third kappa shape index (κ3) is 3.69. The van der Waals surface area contributed by atoms with Crippen LogP contribution in [0.25, 0.3) is 0 Å². The maximum absolute atomic E-state index is 11.4. The molecule has 0 radical (unpaired) electrons. The molecule has 0 saturated carbocycles. The van der Waals surface area contributed by atoms with Gasteiger partial charge in [-0.2, -0.15) is 0 Å². The van der Waals surface area contributed by atoms with E-state index in [4.69, 9.17) is 4.42 Å². The van der Waals surface area contributed by atoms with Crippen LogP contribution in [-0.2, 0) is 0 Å². The van der Waals surface area contributed by atoms with Gasteiger partial charge in [-0.25, -0.2) is 0 Å². The molecule has 1 aromatic heterocycles. The van der Waals surface area contributed by atoms with Crippen LogP contribution < -0.4 is 5.32 Å². The highest BCUT2D eigenvalue weighted by Crippen LogP contribution is 2.05. The summed E-state index contributed by atoms with van der Waals surface area (Å²) in [4.78, 5) is 11.4. The Morgan fingerprint density at radius 2 is 2.29 bits per heavy atom. The van der Waals surface area contributed by atoms with Crippen LogP contribution in [0, 0.1) is 6.92 Å². The van der Waals surface area contributed by atoms with Gasteiger partial charge in [0.05, 0.1) is 0 Å². The Bertz CT molecular complexity index is 296. The van der Waals surface area contributed by atoms with Crippen LogP contribution in [-0.4, -0.2) is 16.9 Å². The second-order valence-electron chi connectivity index (χ2n) is 3.06. The van der Waals surface area contributed by atoms with Crippen molar-refractivity contribution in [3.8, 4) is 0 Å². The second kappa shape index (κ2) is 6.06. The number of nitrogens with one attached hydrogen (secondary N) is 1. The topological polar surface area (TPSA) is 42.2 Å². The van der Waals surface area contributed by atoms with Gasteiger partial charge in [-0.1, -0.05) is 22.6 Å². The highest BCUT2D eigenvalue weighted by Gasteiger charge is 2.07. The summed E-state index contributed by atoms with van der Waals surface area (Å²) in [5, 5.41) is 2.81. The number of amides is 1. The number of aryl methyl sites for hydroxylation is 1. The van der Waals surface area contributed by atoms with E-state index < -0.39 is 0 Å². The smallest absolute Gasteiger partial charge is 0.286 e. The van der Waals surface area contributed by atoms with Crippen LogP contribution >= 0.6 is 22.6 Å². The fourth-order valence-electron chi connectivity index (χ4n) is 1.07. The fraction of sp³-hybridized carbons (Fsp3) is 0.500. The largest absolute Gasteiger partial charge is 0.456 e. The molecule has 0 bridgehead atoms. The lowest BCUT2D eigenvalue weighted by Gasteiger charge is -2.01. The molecule has 0 fully saturated rings. The summed E-state index contributed by atoms with van der Waals surface area (Å²) in [6.07, 6.45) is 2.16. The molecule has 0 aromatic carbocycles. The van der Waals surface area contributed by atoms with E-state index in [1.807, 2.05) is 6.92 Å². The number of alkyl halides is 1. The molecular formula is C10H14INO2. The molecule has 3 nitrogen and oxygen atoms in total. The third-order valence-corrected chi connectivity index (χ3v) is 2.57. The quantitative estimate of drug-likeness (QED) is 0.516. The molecule has 4 heteroatoms. The Morgan fingerprint density at radius 3 is 2.86 bits per heavy atom. The molecule has 1 rings (SSSR count). The summed E-state index contributed by atoms with van der Waals surface area (Å²) in [5.74, 6) is 1.05. The Hall–Kier alpha value is -0.520. The third-order valence-electron chi connectivity index (χ3n) is 1.81. The molecule has 14 heavy (non-hydrogen) atoms. The normalized spacial score (nSPS) is 10.1. The monoisotopic (exact) mass is 307 g/mol. The average Bonchev–Trinajstić information content (AvgIpc) is 2.59. The van der Waals surface area contributed by atoms with Crippen molar-refractivity contribution in [2.45, 2.75) is 19.8 Å². The fourth-order valence-corrected chi connectivity index (χ4v) is 1.60. The number of furan rings is 1. The molecule has 0 spiro atoms. The van der Waals surface area contributed by atoms with Gasteiger partial charge in [0.25, 0.3) is 5.91 Å². The lowest BCUT2D eigenvalue weighted by molar-refractivity contribution is 0.0924. The van der Waals surface area contributed by atoms with Gasteiger partial charge in [0, 0.05) is 6.54 Å². The SMILES string of the molecule is Cc1ccc(C(=O)NCCCCI)o1. The zero-order chi connectivity index (χ0) is 10.4. The van der Waals surface area contributed by atoms with Crippen LogP contribution in [0.1, 0.15) is 29.2 Å². The Balaban J connectivity index is 2.29. The minimum Gasteiger partial charge on any atom is -0.456 e. The van der Waals surface area contributed by atoms with Crippen molar-refractivity contribution in [2.24, 2.45) is 0 Å². The molecule has 0 unspecified atom stereocenters. The first-order valence-electron chi connectivity index (χ1n) is 4.64. The van der Waals surface area contributed by atoms with E-state index >= 15 is 0 Å². The predicted octanol–water partition coefficient (Wildman–Crippen LogP) is 2.53. The zero-order valence-electron chi connectivity index (χ0n) is 8.18. The van der Waals surface area contributed by atoms with Crippen molar-refractivity contribution in [1.82, 2.24) is 5.32 Å². The zero-order valence-corrected chi connectivity index (χ0v) is 10.3. The van der Waals surface area contributed by atoms with E-state index in [1.165, 1.54) is 0 Å². The Morgan fingerprint density at radius 1 is 1.50 bits per heavy atom. The van der Waals surface area contributed by atoms with E-state index in [0.717, 1.165) is 29.6 Å². The van der Waals surface area contributed by atoms with Gasteiger partial charge in [-0.3, -0.25) is 4.79 Å². The first kappa shape index (κ1) is 11.6. The van der Waals surface area contributed by atoms with Crippen LogP contribution in [0.3, 0.4) is 0 Å². The maximum atomic E-state index is 11.4. The summed E-state index contributed by atoms with van der Waals surface area (Å²) in [6.45, 7) is 2.55. The highest BCUT2D eigenvalue weighted by molar-refractivity contribution is 14.1. The maximum Gasteiger partial charge on any atom is 0.286 e. The molecule has 0 atom stereocenters. The van der Waals surface area contributed by atoms with Crippen molar-refractivity contribution >= 4 is 28.5 Å². The molecule has 1 aromatic rings. The van der Waals surface area contributed by atoms with Gasteiger partial charge in [0.15, 0.2) is 5.76 Å². The van der Waals surface area contributed by atoms with Crippen molar-refractivity contribution in [3.63, 3.8) is 0 Å². The van der Waals surface area contributed by atoms with Crippen LogP contribution in [0.2, 0.25) is 0 Å². The minimum absolute atomic E-state index is 0.119. The molecule has 1 N–H and O–H groups in total. The van der Waals surface area contributed by atoms with Crippen LogP contribution in [0.5, 0.6) is 0 Å². The summed E-state index contributed by atoms with van der Waals surface area (Å²) in [5.41, 5.74) is 0. The average molecular weight is 307 g/mol. The number of carbonyl (C=O) groups excluding carboxylic acids is 1. The second-order valence-corrected chi connectivity index (χ2v) is 4.14. The predicted molar refractivity (Wildman–Crippen MR) is 63.9 cm³/mol. The summed E-state index contributed by atoms with van der Waals surface area (Å²) < 4.78 is 6.32. The van der Waals surface area contributed by atoms with Crippen molar-refractivity contribution < 1.29 is 9.21 Å². The molecule has 0 aliphatic heterocycles. The first-order chi connectivity index (χ1) is 6.74. The van der Waals surface area contributed by atoms with E-state index in [-0.39, 0.29) is 5.91 Å². The first-order valence-corrected chi connectivity index (χ1v) is 6.17. The number of carbonyl (C=O) groups is 1. The number of hydrogen-bond donors (Lipinski definition) is 1. The Kier molecular flexibility index (Phi) is 5.00. The van der Waals surface area contributed by atoms with Gasteiger partial charge in [-0.15, -0.1) is 0 Å². The summed E-state index contributed by atoms with van der Waals surface area (Å²) >= 11 is 2.33. The molecule has 0 aliphatic carbocycles. The van der Waals surface area contributed by atoms with E-state index in [9.17, 15) is 4.79 Å². The molecule has 1 amide bonds. The molecule has 0 aliphatic rings. The van der Waals surface area contributed by atoms with E-state index in [2.05, 4.69) is 27.9 Å². The van der Waals surface area contributed by atoms with Gasteiger partial charge >= 0.3 is 0 Å². The highest BCUT2D eigenvalue weighted by atomic mass is 127. The number of hydrogen-bond acceptors (Lipinski definition) is 2. The van der Waals surface area contributed by atoms with Crippen LogP contribution in [0.4, 0.5) is 0 Å². The Labute approximate surface area is 97.4 Å². The van der Waals surface area contributed by atoms with Gasteiger partial charge in [-0.05, 0) is 36.3 Å². The lowest BCUT2D eigenvalue weighted by Crippen LogP contribution is -2.23. The summed E-state index contributed by atoms with van der Waals surface area (Å²) in [7, 11) is 0. The van der Waals surface area contributed by atoms with Crippen molar-refractivity contribution in [3.05, 3.63) is 23.7 Å². The lowest BCUT2D eigenvalue weighted by atomic mass is 10.3. The molecular weight excluding hydrogens is 293 g/mol. The van der Waals surface area contributed by atoms with Gasteiger partial charge in [0.2, 0.25) is 0 Å². The number of halogens is 1. The molecule has 78 valence electrons. The summed E-state index contributed by atoms with van der Waals surface area (Å²) in [6, 6.07) is 3.49. The number of unbranched alkanes of at least 4 members (excludes halogenated alkanes) is 1. The van der Waals surface area contributed by atoms with Gasteiger partial charge < -0.3 is 9.73 Å². The van der Waals surface area contributed by atoms with E-state index in [0.29, 0.717) is 5.76 Å².